The monoisotopic (exact) mass is 282 g/mol. The SMILES string of the molecule is Cc1c(Cl)cccc1C(Cl)Cc1ccccc1F. The molecule has 0 radical (unpaired) electrons. The summed E-state index contributed by atoms with van der Waals surface area (Å²) in [7, 11) is 0. The van der Waals surface area contributed by atoms with Crippen LogP contribution >= 0.6 is 23.2 Å². The van der Waals surface area contributed by atoms with Crippen molar-refractivity contribution in [3.05, 3.63) is 70.0 Å². The van der Waals surface area contributed by atoms with Crippen LogP contribution in [0.25, 0.3) is 0 Å². The molecule has 0 fully saturated rings. The maximum atomic E-state index is 13.6. The number of hydrogen-bond acceptors (Lipinski definition) is 0. The van der Waals surface area contributed by atoms with E-state index in [9.17, 15) is 4.39 Å². The third-order valence-corrected chi connectivity index (χ3v) is 3.80. The number of hydrogen-bond donors (Lipinski definition) is 0. The Hall–Kier alpha value is -1.05. The van der Waals surface area contributed by atoms with Crippen molar-refractivity contribution in [1.82, 2.24) is 0 Å². The third kappa shape index (κ3) is 2.85. The number of alkyl halides is 1. The lowest BCUT2D eigenvalue weighted by Crippen LogP contribution is -2.00. The van der Waals surface area contributed by atoms with Gasteiger partial charge >= 0.3 is 0 Å². The molecule has 0 aliphatic heterocycles. The predicted molar refractivity (Wildman–Crippen MR) is 74.9 cm³/mol. The third-order valence-electron chi connectivity index (χ3n) is 3.00. The summed E-state index contributed by atoms with van der Waals surface area (Å²) in [4.78, 5) is 0. The minimum atomic E-state index is -0.277. The van der Waals surface area contributed by atoms with E-state index in [0.29, 0.717) is 17.0 Å². The summed E-state index contributed by atoms with van der Waals surface area (Å²) in [5.74, 6) is -0.220. The molecule has 0 nitrogen and oxygen atoms in total. The molecule has 0 aromatic heterocycles. The maximum absolute atomic E-state index is 13.6. The van der Waals surface area contributed by atoms with E-state index in [1.165, 1.54) is 6.07 Å². The Bertz CT molecular complexity index is 552. The normalized spacial score (nSPS) is 12.4. The fraction of sp³-hybridized carbons (Fsp3) is 0.200. The minimum absolute atomic E-state index is 0.220. The molecule has 0 N–H and O–H groups in total. The van der Waals surface area contributed by atoms with Gasteiger partial charge in [-0.2, -0.15) is 0 Å². The fourth-order valence-corrected chi connectivity index (χ4v) is 2.51. The van der Waals surface area contributed by atoms with E-state index in [2.05, 4.69) is 0 Å². The van der Waals surface area contributed by atoms with Crippen LogP contribution in [0, 0.1) is 12.7 Å². The quantitative estimate of drug-likeness (QED) is 0.669. The van der Waals surface area contributed by atoms with Gasteiger partial charge in [0.1, 0.15) is 5.82 Å². The highest BCUT2D eigenvalue weighted by Gasteiger charge is 2.14. The average molecular weight is 283 g/mol. The molecule has 1 atom stereocenters. The van der Waals surface area contributed by atoms with Crippen molar-refractivity contribution in [1.29, 1.82) is 0 Å². The maximum Gasteiger partial charge on any atom is 0.126 e. The van der Waals surface area contributed by atoms with Crippen LogP contribution in [0.5, 0.6) is 0 Å². The highest BCUT2D eigenvalue weighted by Crippen LogP contribution is 2.31. The van der Waals surface area contributed by atoms with Gasteiger partial charge in [0.2, 0.25) is 0 Å². The number of rotatable bonds is 3. The first-order valence-corrected chi connectivity index (χ1v) is 6.53. The Morgan fingerprint density at radius 3 is 2.56 bits per heavy atom. The Kier molecular flexibility index (Phi) is 4.26. The minimum Gasteiger partial charge on any atom is -0.207 e. The van der Waals surface area contributed by atoms with Gasteiger partial charge in [-0.1, -0.05) is 41.9 Å². The van der Waals surface area contributed by atoms with Gasteiger partial charge in [0.05, 0.1) is 5.38 Å². The second-order valence-electron chi connectivity index (χ2n) is 4.22. The number of halogens is 3. The molecule has 1 unspecified atom stereocenters. The van der Waals surface area contributed by atoms with E-state index >= 15 is 0 Å². The summed E-state index contributed by atoms with van der Waals surface area (Å²) < 4.78 is 13.6. The van der Waals surface area contributed by atoms with E-state index in [4.69, 9.17) is 23.2 Å². The van der Waals surface area contributed by atoms with Crippen LogP contribution in [0.15, 0.2) is 42.5 Å². The van der Waals surface area contributed by atoms with Crippen LogP contribution in [-0.4, -0.2) is 0 Å². The van der Waals surface area contributed by atoms with E-state index in [-0.39, 0.29) is 11.2 Å². The molecule has 2 aromatic rings. The van der Waals surface area contributed by atoms with Gasteiger partial charge in [-0.15, -0.1) is 11.6 Å². The molecule has 2 rings (SSSR count). The molecule has 18 heavy (non-hydrogen) atoms. The fourth-order valence-electron chi connectivity index (χ4n) is 1.93. The topological polar surface area (TPSA) is 0 Å². The summed E-state index contributed by atoms with van der Waals surface area (Å²) >= 11 is 12.4. The van der Waals surface area contributed by atoms with Crippen molar-refractivity contribution >= 4 is 23.2 Å². The van der Waals surface area contributed by atoms with Gasteiger partial charge in [0.25, 0.3) is 0 Å². The Labute approximate surface area is 116 Å². The van der Waals surface area contributed by atoms with Gasteiger partial charge < -0.3 is 0 Å². The van der Waals surface area contributed by atoms with Crippen molar-refractivity contribution in [3.8, 4) is 0 Å². The molecule has 0 heterocycles. The second-order valence-corrected chi connectivity index (χ2v) is 5.15. The van der Waals surface area contributed by atoms with E-state index in [0.717, 1.165) is 11.1 Å². The standard InChI is InChI=1S/C15H13Cl2F/c1-10-12(6-4-7-13(10)16)14(17)9-11-5-2-3-8-15(11)18/h2-8,14H,9H2,1H3. The molecular formula is C15H13Cl2F. The van der Waals surface area contributed by atoms with E-state index in [1.807, 2.05) is 31.2 Å². The first-order chi connectivity index (χ1) is 8.59. The lowest BCUT2D eigenvalue weighted by molar-refractivity contribution is 0.607. The van der Waals surface area contributed by atoms with Crippen LogP contribution in [0.1, 0.15) is 22.1 Å². The first-order valence-electron chi connectivity index (χ1n) is 5.72. The molecule has 0 saturated heterocycles. The summed E-state index contributed by atoms with van der Waals surface area (Å²) in [6.07, 6.45) is 0.454. The van der Waals surface area contributed by atoms with Crippen molar-refractivity contribution < 1.29 is 4.39 Å². The Morgan fingerprint density at radius 1 is 1.11 bits per heavy atom. The van der Waals surface area contributed by atoms with Crippen molar-refractivity contribution in [2.75, 3.05) is 0 Å². The lowest BCUT2D eigenvalue weighted by Gasteiger charge is -2.14. The van der Waals surface area contributed by atoms with Gasteiger partial charge in [0, 0.05) is 5.02 Å². The summed E-state index contributed by atoms with van der Waals surface area (Å²) in [5, 5.41) is 0.410. The van der Waals surface area contributed by atoms with Gasteiger partial charge in [0.15, 0.2) is 0 Å². The Morgan fingerprint density at radius 2 is 1.83 bits per heavy atom. The highest BCUT2D eigenvalue weighted by molar-refractivity contribution is 6.31. The second kappa shape index (κ2) is 5.73. The van der Waals surface area contributed by atoms with Crippen LogP contribution in [0.2, 0.25) is 5.02 Å². The Balaban J connectivity index is 2.25. The molecule has 0 saturated carbocycles. The average Bonchev–Trinajstić information content (AvgIpc) is 2.35. The first kappa shape index (κ1) is 13.4. The van der Waals surface area contributed by atoms with Crippen LogP contribution < -0.4 is 0 Å². The summed E-state index contributed by atoms with van der Waals surface area (Å²) in [5.41, 5.74) is 2.53. The largest absolute Gasteiger partial charge is 0.207 e. The van der Waals surface area contributed by atoms with Crippen LogP contribution in [-0.2, 0) is 6.42 Å². The molecule has 0 amide bonds. The molecule has 0 spiro atoms. The molecule has 0 bridgehead atoms. The van der Waals surface area contributed by atoms with Gasteiger partial charge in [-0.3, -0.25) is 0 Å². The van der Waals surface area contributed by atoms with E-state index in [1.54, 1.807) is 12.1 Å². The summed E-state index contributed by atoms with van der Waals surface area (Å²) in [6.45, 7) is 1.92. The zero-order chi connectivity index (χ0) is 13.1. The smallest absolute Gasteiger partial charge is 0.126 e. The molecule has 2 aromatic carbocycles. The van der Waals surface area contributed by atoms with Crippen molar-refractivity contribution in [2.24, 2.45) is 0 Å². The van der Waals surface area contributed by atoms with Gasteiger partial charge in [-0.25, -0.2) is 4.39 Å². The molecule has 0 aliphatic carbocycles. The highest BCUT2D eigenvalue weighted by atomic mass is 35.5. The van der Waals surface area contributed by atoms with Crippen LogP contribution in [0.4, 0.5) is 4.39 Å². The lowest BCUT2D eigenvalue weighted by atomic mass is 10.00. The number of benzene rings is 2. The molecule has 0 aliphatic rings. The molecule has 94 valence electrons. The van der Waals surface area contributed by atoms with Crippen molar-refractivity contribution in [2.45, 2.75) is 18.7 Å². The predicted octanol–water partition coefficient (Wildman–Crippen LogP) is 5.31. The zero-order valence-electron chi connectivity index (χ0n) is 9.96. The molecular weight excluding hydrogens is 270 g/mol. The van der Waals surface area contributed by atoms with Crippen molar-refractivity contribution in [3.63, 3.8) is 0 Å². The van der Waals surface area contributed by atoms with Gasteiger partial charge in [-0.05, 0) is 42.2 Å². The van der Waals surface area contributed by atoms with E-state index < -0.39 is 0 Å². The summed E-state index contributed by atoms with van der Waals surface area (Å²) in [6, 6.07) is 12.3. The molecule has 3 heteroatoms. The zero-order valence-corrected chi connectivity index (χ0v) is 11.5. The van der Waals surface area contributed by atoms with Crippen LogP contribution in [0.3, 0.4) is 0 Å².